The number of benzene rings is 1. The van der Waals surface area contributed by atoms with Crippen molar-refractivity contribution in [3.05, 3.63) is 35.4 Å². The zero-order chi connectivity index (χ0) is 15.1. The molecular weight excluding hydrogens is 288 g/mol. The highest BCUT2D eigenvalue weighted by Crippen LogP contribution is 2.08. The normalized spacial score (nSPS) is 16.7. The molecule has 1 aromatic rings. The van der Waals surface area contributed by atoms with Crippen LogP contribution >= 0.6 is 11.8 Å². The molecular formula is C14H20N4O2S. The van der Waals surface area contributed by atoms with Crippen LogP contribution < -0.4 is 11.1 Å². The van der Waals surface area contributed by atoms with Crippen LogP contribution in [0.5, 0.6) is 0 Å². The number of amides is 1. The number of nitrogens with one attached hydrogen (secondary N) is 1. The van der Waals surface area contributed by atoms with Gasteiger partial charge in [-0.05, 0) is 12.1 Å². The van der Waals surface area contributed by atoms with Crippen LogP contribution in [0.15, 0.2) is 29.4 Å². The molecule has 7 heteroatoms. The van der Waals surface area contributed by atoms with Gasteiger partial charge in [0.15, 0.2) is 5.84 Å². The summed E-state index contributed by atoms with van der Waals surface area (Å²) in [4.78, 5) is 14.4. The lowest BCUT2D eigenvalue weighted by atomic mass is 10.1. The fraction of sp³-hybridized carbons (Fsp3) is 0.429. The van der Waals surface area contributed by atoms with Crippen LogP contribution in [0.1, 0.15) is 15.9 Å². The molecule has 0 aromatic heterocycles. The summed E-state index contributed by atoms with van der Waals surface area (Å²) in [6, 6.07) is 6.73. The summed E-state index contributed by atoms with van der Waals surface area (Å²) < 4.78 is 0. The van der Waals surface area contributed by atoms with Gasteiger partial charge in [-0.1, -0.05) is 17.3 Å². The van der Waals surface area contributed by atoms with Crippen LogP contribution in [0.3, 0.4) is 0 Å². The zero-order valence-corrected chi connectivity index (χ0v) is 12.6. The third-order valence-corrected chi connectivity index (χ3v) is 4.29. The number of carbonyl (C=O) groups is 1. The summed E-state index contributed by atoms with van der Waals surface area (Å²) >= 11 is 1.97. The average molecular weight is 308 g/mol. The second-order valence-corrected chi connectivity index (χ2v) is 6.00. The van der Waals surface area contributed by atoms with Crippen molar-refractivity contribution in [1.29, 1.82) is 0 Å². The Kier molecular flexibility index (Phi) is 5.89. The first kappa shape index (κ1) is 15.7. The van der Waals surface area contributed by atoms with Gasteiger partial charge in [-0.25, -0.2) is 0 Å². The third-order valence-electron chi connectivity index (χ3n) is 3.35. The molecule has 1 aliphatic rings. The van der Waals surface area contributed by atoms with Gasteiger partial charge in [-0.2, -0.15) is 11.8 Å². The molecule has 0 unspecified atom stereocenters. The summed E-state index contributed by atoms with van der Waals surface area (Å²) in [7, 11) is 0. The summed E-state index contributed by atoms with van der Waals surface area (Å²) in [5.74, 6) is 2.18. The van der Waals surface area contributed by atoms with Crippen LogP contribution in [0, 0.1) is 0 Å². The highest BCUT2D eigenvalue weighted by molar-refractivity contribution is 7.99. The molecule has 6 nitrogen and oxygen atoms in total. The molecule has 1 aliphatic heterocycles. The van der Waals surface area contributed by atoms with Crippen molar-refractivity contribution < 1.29 is 10.0 Å². The lowest BCUT2D eigenvalue weighted by Gasteiger charge is -2.26. The van der Waals surface area contributed by atoms with Gasteiger partial charge in [0.1, 0.15) is 0 Å². The summed E-state index contributed by atoms with van der Waals surface area (Å²) in [5, 5.41) is 14.5. The fourth-order valence-corrected chi connectivity index (χ4v) is 3.11. The molecule has 1 aromatic carbocycles. The third kappa shape index (κ3) is 4.64. The minimum absolute atomic E-state index is 0.00420. The van der Waals surface area contributed by atoms with Gasteiger partial charge in [-0.15, -0.1) is 0 Å². The Labute approximate surface area is 128 Å². The van der Waals surface area contributed by atoms with Gasteiger partial charge in [0.2, 0.25) is 0 Å². The summed E-state index contributed by atoms with van der Waals surface area (Å²) in [5.41, 5.74) is 6.55. The number of nitrogens with two attached hydrogens (primary N) is 1. The number of hydrogen-bond acceptors (Lipinski definition) is 5. The molecule has 1 saturated heterocycles. The van der Waals surface area contributed by atoms with E-state index >= 15 is 0 Å². The van der Waals surface area contributed by atoms with Crippen molar-refractivity contribution in [3.63, 3.8) is 0 Å². The van der Waals surface area contributed by atoms with Gasteiger partial charge in [-0.3, -0.25) is 9.69 Å². The SMILES string of the molecule is N/C(=N/O)c1cccc(C(=O)NCCN2CCSCC2)c1. The van der Waals surface area contributed by atoms with Crippen molar-refractivity contribution in [1.82, 2.24) is 10.2 Å². The fourth-order valence-electron chi connectivity index (χ4n) is 2.13. The molecule has 0 aliphatic carbocycles. The molecule has 1 fully saturated rings. The minimum atomic E-state index is -0.144. The standard InChI is InChI=1S/C14H20N4O2S/c15-13(17-20)11-2-1-3-12(10-11)14(19)16-4-5-18-6-8-21-9-7-18/h1-3,10,20H,4-9H2,(H2,15,17)(H,16,19). The van der Waals surface area contributed by atoms with Gasteiger partial charge in [0.25, 0.3) is 5.91 Å². The lowest BCUT2D eigenvalue weighted by Crippen LogP contribution is -2.39. The molecule has 0 saturated carbocycles. The van der Waals surface area contributed by atoms with Crippen LogP contribution in [-0.2, 0) is 0 Å². The molecule has 1 amide bonds. The first-order chi connectivity index (χ1) is 10.2. The van der Waals surface area contributed by atoms with Crippen molar-refractivity contribution >= 4 is 23.5 Å². The topological polar surface area (TPSA) is 91.0 Å². The summed E-state index contributed by atoms with van der Waals surface area (Å²) in [6.07, 6.45) is 0. The number of amidine groups is 1. The predicted octanol–water partition coefficient (Wildman–Crippen LogP) is 0.560. The van der Waals surface area contributed by atoms with Crippen LogP contribution in [-0.4, -0.2) is 59.5 Å². The largest absolute Gasteiger partial charge is 0.409 e. The molecule has 0 bridgehead atoms. The number of hydrogen-bond donors (Lipinski definition) is 3. The maximum Gasteiger partial charge on any atom is 0.251 e. The van der Waals surface area contributed by atoms with E-state index in [2.05, 4.69) is 15.4 Å². The zero-order valence-electron chi connectivity index (χ0n) is 11.8. The number of nitrogens with zero attached hydrogens (tertiary/aromatic N) is 2. The van der Waals surface area contributed by atoms with Crippen molar-refractivity contribution in [2.75, 3.05) is 37.7 Å². The van der Waals surface area contributed by atoms with E-state index in [1.54, 1.807) is 24.3 Å². The number of oxime groups is 1. The first-order valence-electron chi connectivity index (χ1n) is 6.87. The first-order valence-corrected chi connectivity index (χ1v) is 8.02. The van der Waals surface area contributed by atoms with Gasteiger partial charge < -0.3 is 16.3 Å². The van der Waals surface area contributed by atoms with Gasteiger partial charge in [0.05, 0.1) is 0 Å². The van der Waals surface area contributed by atoms with Gasteiger partial charge in [0, 0.05) is 48.8 Å². The lowest BCUT2D eigenvalue weighted by molar-refractivity contribution is 0.0949. The Morgan fingerprint density at radius 3 is 2.81 bits per heavy atom. The highest BCUT2D eigenvalue weighted by atomic mass is 32.2. The average Bonchev–Trinajstić information content (AvgIpc) is 2.55. The maximum absolute atomic E-state index is 12.1. The number of rotatable bonds is 5. The smallest absolute Gasteiger partial charge is 0.251 e. The van der Waals surface area contributed by atoms with Crippen LogP contribution in [0.4, 0.5) is 0 Å². The number of carbonyl (C=O) groups excluding carboxylic acids is 1. The van der Waals surface area contributed by atoms with Crippen molar-refractivity contribution in [2.24, 2.45) is 10.9 Å². The van der Waals surface area contributed by atoms with Crippen molar-refractivity contribution in [2.45, 2.75) is 0 Å². The Hall–Kier alpha value is -1.73. The molecule has 0 radical (unpaired) electrons. The Morgan fingerprint density at radius 2 is 2.10 bits per heavy atom. The molecule has 0 spiro atoms. The van der Waals surface area contributed by atoms with E-state index in [4.69, 9.17) is 10.9 Å². The molecule has 114 valence electrons. The van der Waals surface area contributed by atoms with E-state index < -0.39 is 0 Å². The monoisotopic (exact) mass is 308 g/mol. The van der Waals surface area contributed by atoms with E-state index in [-0.39, 0.29) is 11.7 Å². The summed E-state index contributed by atoms with van der Waals surface area (Å²) in [6.45, 7) is 3.66. The van der Waals surface area contributed by atoms with E-state index in [9.17, 15) is 4.79 Å². The predicted molar refractivity (Wildman–Crippen MR) is 85.1 cm³/mol. The van der Waals surface area contributed by atoms with E-state index in [1.165, 1.54) is 0 Å². The van der Waals surface area contributed by atoms with E-state index in [1.807, 2.05) is 11.8 Å². The molecule has 2 rings (SSSR count). The second-order valence-electron chi connectivity index (χ2n) is 4.78. The van der Waals surface area contributed by atoms with Crippen LogP contribution in [0.2, 0.25) is 0 Å². The molecule has 4 N–H and O–H groups in total. The van der Waals surface area contributed by atoms with E-state index in [0.29, 0.717) is 17.7 Å². The van der Waals surface area contributed by atoms with Gasteiger partial charge >= 0.3 is 0 Å². The van der Waals surface area contributed by atoms with E-state index in [0.717, 1.165) is 31.1 Å². The van der Waals surface area contributed by atoms with Crippen LogP contribution in [0.25, 0.3) is 0 Å². The van der Waals surface area contributed by atoms with Crippen molar-refractivity contribution in [3.8, 4) is 0 Å². The second kappa shape index (κ2) is 7.90. The minimum Gasteiger partial charge on any atom is -0.409 e. The maximum atomic E-state index is 12.1. The number of thioether (sulfide) groups is 1. The molecule has 21 heavy (non-hydrogen) atoms. The molecule has 1 heterocycles. The highest BCUT2D eigenvalue weighted by Gasteiger charge is 2.11. The Balaban J connectivity index is 1.85. The Bertz CT molecular complexity index is 515. The molecule has 0 atom stereocenters. The Morgan fingerprint density at radius 1 is 1.38 bits per heavy atom. The quantitative estimate of drug-likeness (QED) is 0.320.